The molecule has 0 aliphatic heterocycles. The van der Waals surface area contributed by atoms with Crippen molar-refractivity contribution in [3.8, 4) is 0 Å². The van der Waals surface area contributed by atoms with Gasteiger partial charge in [-0.3, -0.25) is 0 Å². The summed E-state index contributed by atoms with van der Waals surface area (Å²) in [5.74, 6) is 0. The molecule has 74 valence electrons. The standard InChI is InChI=1S/C9H23N3/c1-2-9(3-6-10,4-7-11)5-8-12/h2-8,10-12H2,1H3. The van der Waals surface area contributed by atoms with Gasteiger partial charge in [0, 0.05) is 0 Å². The Morgan fingerprint density at radius 1 is 0.833 bits per heavy atom. The highest BCUT2D eigenvalue weighted by Gasteiger charge is 2.25. The summed E-state index contributed by atoms with van der Waals surface area (Å²) >= 11 is 0. The summed E-state index contributed by atoms with van der Waals surface area (Å²) in [6.07, 6.45) is 4.30. The lowest BCUT2D eigenvalue weighted by atomic mass is 9.76. The summed E-state index contributed by atoms with van der Waals surface area (Å²) in [6.45, 7) is 4.43. The van der Waals surface area contributed by atoms with Gasteiger partial charge in [-0.05, 0) is 44.3 Å². The van der Waals surface area contributed by atoms with Crippen LogP contribution in [0.1, 0.15) is 32.6 Å². The van der Waals surface area contributed by atoms with Gasteiger partial charge in [0.05, 0.1) is 0 Å². The zero-order chi connectivity index (χ0) is 9.45. The third-order valence-electron chi connectivity index (χ3n) is 2.77. The van der Waals surface area contributed by atoms with Crippen LogP contribution in [-0.4, -0.2) is 19.6 Å². The minimum absolute atomic E-state index is 0.318. The molecule has 0 saturated heterocycles. The lowest BCUT2D eigenvalue weighted by Crippen LogP contribution is -2.29. The van der Waals surface area contributed by atoms with E-state index in [9.17, 15) is 0 Å². The molecule has 0 radical (unpaired) electrons. The van der Waals surface area contributed by atoms with Gasteiger partial charge in [0.25, 0.3) is 0 Å². The first-order valence-electron chi connectivity index (χ1n) is 4.85. The lowest BCUT2D eigenvalue weighted by molar-refractivity contribution is 0.221. The van der Waals surface area contributed by atoms with Gasteiger partial charge in [-0.15, -0.1) is 0 Å². The molecule has 0 aromatic carbocycles. The maximum atomic E-state index is 5.57. The average Bonchev–Trinajstić information content (AvgIpc) is 2.06. The summed E-state index contributed by atoms with van der Waals surface area (Å²) < 4.78 is 0. The minimum atomic E-state index is 0.318. The fourth-order valence-electron chi connectivity index (χ4n) is 1.82. The fraction of sp³-hybridized carbons (Fsp3) is 1.00. The molecule has 0 saturated carbocycles. The molecule has 0 aromatic rings. The molecule has 0 heterocycles. The molecule has 0 aliphatic rings. The quantitative estimate of drug-likeness (QED) is 0.522. The molecule has 0 rings (SSSR count). The Labute approximate surface area is 75.7 Å². The molecule has 0 bridgehead atoms. The molecule has 6 N–H and O–H groups in total. The second-order valence-electron chi connectivity index (χ2n) is 3.47. The van der Waals surface area contributed by atoms with E-state index in [0.717, 1.165) is 45.3 Å². The van der Waals surface area contributed by atoms with Crippen molar-refractivity contribution in [1.82, 2.24) is 0 Å². The molecule has 0 fully saturated rings. The van der Waals surface area contributed by atoms with E-state index in [2.05, 4.69) is 6.92 Å². The summed E-state index contributed by atoms with van der Waals surface area (Å²) in [5.41, 5.74) is 17.0. The van der Waals surface area contributed by atoms with E-state index in [-0.39, 0.29) is 0 Å². The highest BCUT2D eigenvalue weighted by molar-refractivity contribution is 4.79. The summed E-state index contributed by atoms with van der Waals surface area (Å²) in [4.78, 5) is 0. The summed E-state index contributed by atoms with van der Waals surface area (Å²) in [6, 6.07) is 0. The molecule has 12 heavy (non-hydrogen) atoms. The van der Waals surface area contributed by atoms with E-state index in [0.29, 0.717) is 5.41 Å². The van der Waals surface area contributed by atoms with Gasteiger partial charge in [-0.25, -0.2) is 0 Å². The Morgan fingerprint density at radius 3 is 1.33 bits per heavy atom. The fourth-order valence-corrected chi connectivity index (χ4v) is 1.82. The molecular weight excluding hydrogens is 150 g/mol. The molecule has 3 heteroatoms. The second kappa shape index (κ2) is 6.40. The van der Waals surface area contributed by atoms with Crippen LogP contribution in [-0.2, 0) is 0 Å². The first-order chi connectivity index (χ1) is 5.74. The van der Waals surface area contributed by atoms with E-state index >= 15 is 0 Å². The van der Waals surface area contributed by atoms with Gasteiger partial charge in [-0.2, -0.15) is 0 Å². The van der Waals surface area contributed by atoms with E-state index < -0.39 is 0 Å². The molecule has 0 aromatic heterocycles. The Balaban J connectivity index is 4.06. The van der Waals surface area contributed by atoms with Crippen LogP contribution >= 0.6 is 0 Å². The highest BCUT2D eigenvalue weighted by atomic mass is 14.6. The van der Waals surface area contributed by atoms with Crippen molar-refractivity contribution in [3.63, 3.8) is 0 Å². The number of rotatable bonds is 7. The van der Waals surface area contributed by atoms with Gasteiger partial charge in [-0.1, -0.05) is 13.3 Å². The van der Waals surface area contributed by atoms with Crippen LogP contribution < -0.4 is 17.2 Å². The number of nitrogens with two attached hydrogens (primary N) is 3. The monoisotopic (exact) mass is 173 g/mol. The van der Waals surface area contributed by atoms with Crippen LogP contribution in [0.5, 0.6) is 0 Å². The van der Waals surface area contributed by atoms with Crippen molar-refractivity contribution in [2.24, 2.45) is 22.6 Å². The average molecular weight is 173 g/mol. The van der Waals surface area contributed by atoms with Gasteiger partial charge in [0.1, 0.15) is 0 Å². The third-order valence-corrected chi connectivity index (χ3v) is 2.77. The Kier molecular flexibility index (Phi) is 6.34. The van der Waals surface area contributed by atoms with Crippen LogP contribution in [0.25, 0.3) is 0 Å². The molecule has 0 spiro atoms. The summed E-state index contributed by atoms with van der Waals surface area (Å²) in [7, 11) is 0. The van der Waals surface area contributed by atoms with Gasteiger partial charge in [0.2, 0.25) is 0 Å². The molecule has 0 unspecified atom stereocenters. The van der Waals surface area contributed by atoms with E-state index in [4.69, 9.17) is 17.2 Å². The predicted octanol–water partition coefficient (Wildman–Crippen LogP) is 0.429. The van der Waals surface area contributed by atoms with Gasteiger partial charge >= 0.3 is 0 Å². The van der Waals surface area contributed by atoms with E-state index in [1.54, 1.807) is 0 Å². The van der Waals surface area contributed by atoms with Gasteiger partial charge < -0.3 is 17.2 Å². The van der Waals surface area contributed by atoms with Crippen molar-refractivity contribution in [3.05, 3.63) is 0 Å². The van der Waals surface area contributed by atoms with Crippen LogP contribution in [0.2, 0.25) is 0 Å². The molecule has 0 atom stereocenters. The Morgan fingerprint density at radius 2 is 1.17 bits per heavy atom. The van der Waals surface area contributed by atoms with E-state index in [1.165, 1.54) is 0 Å². The van der Waals surface area contributed by atoms with Crippen molar-refractivity contribution >= 4 is 0 Å². The van der Waals surface area contributed by atoms with Gasteiger partial charge in [0.15, 0.2) is 0 Å². The van der Waals surface area contributed by atoms with Crippen molar-refractivity contribution in [1.29, 1.82) is 0 Å². The van der Waals surface area contributed by atoms with Crippen molar-refractivity contribution in [2.75, 3.05) is 19.6 Å². The Hall–Kier alpha value is -0.120. The smallest absolute Gasteiger partial charge is 0.00720 e. The minimum Gasteiger partial charge on any atom is -0.330 e. The Bertz CT molecular complexity index is 86.9. The normalized spacial score (nSPS) is 12.0. The van der Waals surface area contributed by atoms with Crippen LogP contribution in [0.3, 0.4) is 0 Å². The lowest BCUT2D eigenvalue weighted by Gasteiger charge is -2.31. The molecule has 0 amide bonds. The number of hydrogen-bond donors (Lipinski definition) is 3. The van der Waals surface area contributed by atoms with Crippen molar-refractivity contribution < 1.29 is 0 Å². The zero-order valence-corrected chi connectivity index (χ0v) is 8.18. The first kappa shape index (κ1) is 11.9. The first-order valence-corrected chi connectivity index (χ1v) is 4.85. The molecular formula is C9H23N3. The maximum Gasteiger partial charge on any atom is -0.00720 e. The van der Waals surface area contributed by atoms with Crippen molar-refractivity contribution in [2.45, 2.75) is 32.6 Å². The zero-order valence-electron chi connectivity index (χ0n) is 8.18. The summed E-state index contributed by atoms with van der Waals surface area (Å²) in [5, 5.41) is 0. The maximum absolute atomic E-state index is 5.57. The second-order valence-corrected chi connectivity index (χ2v) is 3.47. The van der Waals surface area contributed by atoms with Crippen LogP contribution in [0, 0.1) is 5.41 Å². The number of hydrogen-bond acceptors (Lipinski definition) is 3. The molecule has 3 nitrogen and oxygen atoms in total. The van der Waals surface area contributed by atoms with E-state index in [1.807, 2.05) is 0 Å². The largest absolute Gasteiger partial charge is 0.330 e. The molecule has 0 aliphatic carbocycles. The SMILES string of the molecule is CCC(CCN)(CCN)CCN. The topological polar surface area (TPSA) is 78.1 Å². The van der Waals surface area contributed by atoms with Crippen LogP contribution in [0.4, 0.5) is 0 Å². The third kappa shape index (κ3) is 3.52. The highest BCUT2D eigenvalue weighted by Crippen LogP contribution is 2.32. The predicted molar refractivity (Wildman–Crippen MR) is 53.7 cm³/mol. The van der Waals surface area contributed by atoms with Crippen LogP contribution in [0.15, 0.2) is 0 Å².